The summed E-state index contributed by atoms with van der Waals surface area (Å²) in [6.45, 7) is 11.4. The molecule has 0 saturated carbocycles. The lowest BCUT2D eigenvalue weighted by molar-refractivity contribution is 0.198. The Kier molecular flexibility index (Phi) is 5.10. The van der Waals surface area contributed by atoms with E-state index in [4.69, 9.17) is 0 Å². The molecule has 1 heterocycles. The number of nitrogens with one attached hydrogen (secondary N) is 1. The normalized spacial score (nSPS) is 18.8. The van der Waals surface area contributed by atoms with E-state index in [2.05, 4.69) is 49.2 Å². The van der Waals surface area contributed by atoms with Crippen LogP contribution in [-0.4, -0.2) is 42.9 Å². The molecule has 1 atom stereocenters. The van der Waals surface area contributed by atoms with Gasteiger partial charge in [-0.25, -0.2) is 0 Å². The highest BCUT2D eigenvalue weighted by Crippen LogP contribution is 2.25. The summed E-state index contributed by atoms with van der Waals surface area (Å²) in [4.78, 5) is 4.03. The Morgan fingerprint density at radius 1 is 1.28 bits per heavy atom. The third-order valence-electron chi connectivity index (χ3n) is 3.60. The molecule has 1 saturated heterocycles. The van der Waals surface area contributed by atoms with E-state index in [9.17, 15) is 0 Å². The van der Waals surface area contributed by atoms with Gasteiger partial charge < -0.3 is 5.32 Å². The number of rotatable bonds is 4. The van der Waals surface area contributed by atoms with Gasteiger partial charge in [-0.05, 0) is 32.4 Å². The Morgan fingerprint density at radius 3 is 2.72 bits per heavy atom. The SMILES string of the molecule is Cc1ccc(C)c(SCC(C)N2CCNCC2)c1. The van der Waals surface area contributed by atoms with E-state index >= 15 is 0 Å². The van der Waals surface area contributed by atoms with Crippen LogP contribution in [0, 0.1) is 13.8 Å². The smallest absolute Gasteiger partial charge is 0.0162 e. The lowest BCUT2D eigenvalue weighted by Gasteiger charge is -2.32. The minimum Gasteiger partial charge on any atom is -0.314 e. The highest BCUT2D eigenvalue weighted by molar-refractivity contribution is 7.99. The summed E-state index contributed by atoms with van der Waals surface area (Å²) < 4.78 is 0. The van der Waals surface area contributed by atoms with Gasteiger partial charge >= 0.3 is 0 Å². The number of hydrogen-bond donors (Lipinski definition) is 1. The molecule has 2 rings (SSSR count). The minimum absolute atomic E-state index is 0.664. The Balaban J connectivity index is 1.88. The van der Waals surface area contributed by atoms with E-state index in [0.717, 1.165) is 13.1 Å². The zero-order valence-corrected chi connectivity index (χ0v) is 12.5. The van der Waals surface area contributed by atoms with Crippen LogP contribution in [0.1, 0.15) is 18.1 Å². The molecule has 1 fully saturated rings. The Labute approximate surface area is 115 Å². The first-order valence-electron chi connectivity index (χ1n) is 6.81. The molecule has 1 aliphatic rings. The molecule has 0 bridgehead atoms. The number of nitrogens with zero attached hydrogens (tertiary/aromatic N) is 1. The molecule has 2 nitrogen and oxygen atoms in total. The van der Waals surface area contributed by atoms with Gasteiger partial charge in [0.2, 0.25) is 0 Å². The number of benzene rings is 1. The van der Waals surface area contributed by atoms with Crippen molar-refractivity contribution in [1.29, 1.82) is 0 Å². The second-order valence-corrected chi connectivity index (χ2v) is 6.28. The molecule has 1 N–H and O–H groups in total. The fourth-order valence-electron chi connectivity index (χ4n) is 2.30. The summed E-state index contributed by atoms with van der Waals surface area (Å²) >= 11 is 2.00. The van der Waals surface area contributed by atoms with Crippen molar-refractivity contribution in [1.82, 2.24) is 10.2 Å². The van der Waals surface area contributed by atoms with Crippen LogP contribution in [0.5, 0.6) is 0 Å². The molecule has 0 amide bonds. The maximum atomic E-state index is 3.41. The van der Waals surface area contributed by atoms with Crippen molar-refractivity contribution in [2.45, 2.75) is 31.7 Å². The van der Waals surface area contributed by atoms with E-state index in [0.29, 0.717) is 6.04 Å². The van der Waals surface area contributed by atoms with Gasteiger partial charge in [-0.15, -0.1) is 11.8 Å². The van der Waals surface area contributed by atoms with Crippen molar-refractivity contribution in [3.8, 4) is 0 Å². The van der Waals surface area contributed by atoms with Gasteiger partial charge in [0.05, 0.1) is 0 Å². The molecule has 0 spiro atoms. The molecule has 0 aliphatic carbocycles. The lowest BCUT2D eigenvalue weighted by atomic mass is 10.2. The summed E-state index contributed by atoms with van der Waals surface area (Å²) in [6, 6.07) is 7.40. The highest BCUT2D eigenvalue weighted by atomic mass is 32.2. The third-order valence-corrected chi connectivity index (χ3v) is 5.00. The quantitative estimate of drug-likeness (QED) is 0.842. The molecule has 100 valence electrons. The van der Waals surface area contributed by atoms with E-state index in [1.165, 1.54) is 34.9 Å². The molecular formula is C15H24N2S. The van der Waals surface area contributed by atoms with Crippen LogP contribution < -0.4 is 5.32 Å². The van der Waals surface area contributed by atoms with Crippen molar-refractivity contribution in [3.63, 3.8) is 0 Å². The summed E-state index contributed by atoms with van der Waals surface area (Å²) in [6.07, 6.45) is 0. The Morgan fingerprint density at radius 2 is 2.00 bits per heavy atom. The van der Waals surface area contributed by atoms with Gasteiger partial charge in [0, 0.05) is 42.9 Å². The predicted molar refractivity (Wildman–Crippen MR) is 80.5 cm³/mol. The first-order chi connectivity index (χ1) is 8.66. The number of thioether (sulfide) groups is 1. The largest absolute Gasteiger partial charge is 0.314 e. The second kappa shape index (κ2) is 6.60. The van der Waals surface area contributed by atoms with Crippen molar-refractivity contribution < 1.29 is 0 Å². The Hall–Kier alpha value is -0.510. The topological polar surface area (TPSA) is 15.3 Å². The zero-order valence-electron chi connectivity index (χ0n) is 11.7. The van der Waals surface area contributed by atoms with Crippen LogP contribution in [-0.2, 0) is 0 Å². The first kappa shape index (κ1) is 13.9. The maximum Gasteiger partial charge on any atom is 0.0162 e. The van der Waals surface area contributed by atoms with Crippen molar-refractivity contribution in [2.24, 2.45) is 0 Å². The van der Waals surface area contributed by atoms with Gasteiger partial charge in [0.15, 0.2) is 0 Å². The zero-order chi connectivity index (χ0) is 13.0. The van der Waals surface area contributed by atoms with E-state index in [1.807, 2.05) is 11.8 Å². The highest BCUT2D eigenvalue weighted by Gasteiger charge is 2.16. The summed E-state index contributed by atoms with van der Waals surface area (Å²) in [5.41, 5.74) is 2.76. The van der Waals surface area contributed by atoms with Gasteiger partial charge in [0.1, 0.15) is 0 Å². The van der Waals surface area contributed by atoms with E-state index < -0.39 is 0 Å². The number of hydrogen-bond acceptors (Lipinski definition) is 3. The monoisotopic (exact) mass is 264 g/mol. The fourth-order valence-corrected chi connectivity index (χ4v) is 3.50. The van der Waals surface area contributed by atoms with Crippen LogP contribution in [0.15, 0.2) is 23.1 Å². The van der Waals surface area contributed by atoms with Crippen LogP contribution >= 0.6 is 11.8 Å². The van der Waals surface area contributed by atoms with Gasteiger partial charge in [-0.2, -0.15) is 0 Å². The summed E-state index contributed by atoms with van der Waals surface area (Å²) in [5.74, 6) is 1.18. The predicted octanol–water partition coefficient (Wildman–Crippen LogP) is 2.69. The van der Waals surface area contributed by atoms with Gasteiger partial charge in [-0.1, -0.05) is 17.7 Å². The van der Waals surface area contributed by atoms with E-state index in [1.54, 1.807) is 0 Å². The van der Waals surface area contributed by atoms with E-state index in [-0.39, 0.29) is 0 Å². The van der Waals surface area contributed by atoms with Crippen molar-refractivity contribution in [2.75, 3.05) is 31.9 Å². The fraction of sp³-hybridized carbons (Fsp3) is 0.600. The molecule has 0 radical (unpaired) electrons. The van der Waals surface area contributed by atoms with Crippen molar-refractivity contribution in [3.05, 3.63) is 29.3 Å². The maximum absolute atomic E-state index is 3.41. The standard InChI is InChI=1S/C15H24N2S/c1-12-4-5-13(2)15(10-12)18-11-14(3)17-8-6-16-7-9-17/h4-5,10,14,16H,6-9,11H2,1-3H3. The third kappa shape index (κ3) is 3.74. The molecule has 1 unspecified atom stereocenters. The molecule has 3 heteroatoms. The van der Waals surface area contributed by atoms with Crippen LogP contribution in [0.25, 0.3) is 0 Å². The number of aryl methyl sites for hydroxylation is 2. The second-order valence-electron chi connectivity index (χ2n) is 5.21. The van der Waals surface area contributed by atoms with Gasteiger partial charge in [-0.3, -0.25) is 4.90 Å². The molecule has 1 aliphatic heterocycles. The molecule has 0 aromatic heterocycles. The van der Waals surface area contributed by atoms with Crippen LogP contribution in [0.2, 0.25) is 0 Å². The molecule has 1 aromatic carbocycles. The summed E-state index contributed by atoms with van der Waals surface area (Å²) in [7, 11) is 0. The van der Waals surface area contributed by atoms with Gasteiger partial charge in [0.25, 0.3) is 0 Å². The average Bonchev–Trinajstić information content (AvgIpc) is 2.40. The van der Waals surface area contributed by atoms with Crippen LogP contribution in [0.3, 0.4) is 0 Å². The molecular weight excluding hydrogens is 240 g/mol. The minimum atomic E-state index is 0.664. The lowest BCUT2D eigenvalue weighted by Crippen LogP contribution is -2.48. The van der Waals surface area contributed by atoms with Crippen LogP contribution in [0.4, 0.5) is 0 Å². The summed E-state index contributed by atoms with van der Waals surface area (Å²) in [5, 5.41) is 3.41. The Bertz CT molecular complexity index is 386. The average molecular weight is 264 g/mol. The van der Waals surface area contributed by atoms with Crippen molar-refractivity contribution >= 4 is 11.8 Å². The molecule has 1 aromatic rings. The molecule has 18 heavy (non-hydrogen) atoms. The first-order valence-corrected chi connectivity index (χ1v) is 7.80. The number of piperazine rings is 1.